The smallest absolute Gasteiger partial charge is 0.305 e. The molecule has 1 heterocycles. The first-order chi connectivity index (χ1) is 9.40. The Hall–Kier alpha value is -1.81. The van der Waals surface area contributed by atoms with Gasteiger partial charge in [-0.05, 0) is 37.8 Å². The SMILES string of the molecule is COC(=O)CCc1cccc2c(CC(C)(C)N)c[nH]c12. The van der Waals surface area contributed by atoms with E-state index in [0.717, 1.165) is 17.5 Å². The lowest BCUT2D eigenvalue weighted by Crippen LogP contribution is -2.34. The average Bonchev–Trinajstić information content (AvgIpc) is 2.77. The summed E-state index contributed by atoms with van der Waals surface area (Å²) in [4.78, 5) is 14.6. The number of ether oxygens (including phenoxy) is 1. The number of aromatic amines is 1. The predicted octanol–water partition coefficient (Wildman–Crippen LogP) is 2.55. The van der Waals surface area contributed by atoms with Crippen LogP contribution in [0.1, 0.15) is 31.4 Å². The van der Waals surface area contributed by atoms with Crippen LogP contribution in [-0.4, -0.2) is 23.6 Å². The van der Waals surface area contributed by atoms with Crippen LogP contribution in [-0.2, 0) is 22.4 Å². The minimum atomic E-state index is -0.239. The van der Waals surface area contributed by atoms with Gasteiger partial charge in [-0.15, -0.1) is 0 Å². The molecule has 20 heavy (non-hydrogen) atoms. The molecule has 0 amide bonds. The van der Waals surface area contributed by atoms with E-state index in [-0.39, 0.29) is 11.5 Å². The molecule has 2 aromatic rings. The van der Waals surface area contributed by atoms with Crippen LogP contribution in [0.2, 0.25) is 0 Å². The van der Waals surface area contributed by atoms with Crippen LogP contribution in [0.25, 0.3) is 10.9 Å². The highest BCUT2D eigenvalue weighted by Gasteiger charge is 2.16. The van der Waals surface area contributed by atoms with Gasteiger partial charge in [0.15, 0.2) is 0 Å². The third-order valence-corrected chi connectivity index (χ3v) is 3.36. The number of para-hydroxylation sites is 1. The Morgan fingerprint density at radius 3 is 2.75 bits per heavy atom. The van der Waals surface area contributed by atoms with Gasteiger partial charge in [0.25, 0.3) is 0 Å². The van der Waals surface area contributed by atoms with Crippen LogP contribution < -0.4 is 5.73 Å². The van der Waals surface area contributed by atoms with Gasteiger partial charge < -0.3 is 15.5 Å². The highest BCUT2D eigenvalue weighted by molar-refractivity contribution is 5.86. The van der Waals surface area contributed by atoms with Crippen molar-refractivity contribution in [2.24, 2.45) is 5.73 Å². The third-order valence-electron chi connectivity index (χ3n) is 3.36. The molecule has 0 bridgehead atoms. The lowest BCUT2D eigenvalue weighted by Gasteiger charge is -2.17. The van der Waals surface area contributed by atoms with Crippen molar-refractivity contribution in [2.75, 3.05) is 7.11 Å². The standard InChI is InChI=1S/C16H22N2O2/c1-16(2,17)9-12-10-18-15-11(5-4-6-13(12)15)7-8-14(19)20-3/h4-6,10,18H,7-9,17H2,1-3H3. The van der Waals surface area contributed by atoms with Crippen LogP contribution in [0.5, 0.6) is 0 Å². The first-order valence-electron chi connectivity index (χ1n) is 6.84. The number of fused-ring (bicyclic) bond motifs is 1. The second kappa shape index (κ2) is 5.67. The van der Waals surface area contributed by atoms with Gasteiger partial charge in [0.1, 0.15) is 0 Å². The predicted molar refractivity (Wildman–Crippen MR) is 80.6 cm³/mol. The molecule has 108 valence electrons. The number of esters is 1. The summed E-state index contributed by atoms with van der Waals surface area (Å²) in [5.41, 5.74) is 9.30. The van der Waals surface area contributed by atoms with E-state index in [1.54, 1.807) is 0 Å². The minimum absolute atomic E-state index is 0.183. The lowest BCUT2D eigenvalue weighted by atomic mass is 9.95. The Morgan fingerprint density at radius 2 is 2.10 bits per heavy atom. The Balaban J connectivity index is 2.28. The van der Waals surface area contributed by atoms with Gasteiger partial charge >= 0.3 is 5.97 Å². The Kier molecular flexibility index (Phi) is 4.14. The normalized spacial score (nSPS) is 11.8. The fourth-order valence-electron chi connectivity index (χ4n) is 2.46. The zero-order chi connectivity index (χ0) is 14.8. The summed E-state index contributed by atoms with van der Waals surface area (Å²) in [5, 5.41) is 1.19. The van der Waals surface area contributed by atoms with Crippen LogP contribution in [0.3, 0.4) is 0 Å². The summed E-state index contributed by atoms with van der Waals surface area (Å²) < 4.78 is 4.69. The Morgan fingerprint density at radius 1 is 1.35 bits per heavy atom. The van der Waals surface area contributed by atoms with Gasteiger partial charge in [-0.1, -0.05) is 18.2 Å². The molecule has 0 saturated carbocycles. The number of carbonyl (C=O) groups is 1. The van der Waals surface area contributed by atoms with Crippen LogP contribution in [0, 0.1) is 0 Å². The van der Waals surface area contributed by atoms with Gasteiger partial charge in [-0.25, -0.2) is 0 Å². The number of hydrogen-bond acceptors (Lipinski definition) is 3. The quantitative estimate of drug-likeness (QED) is 0.823. The van der Waals surface area contributed by atoms with E-state index in [2.05, 4.69) is 15.8 Å². The molecule has 0 fully saturated rings. The van der Waals surface area contributed by atoms with E-state index in [1.165, 1.54) is 18.1 Å². The molecule has 1 aromatic carbocycles. The van der Waals surface area contributed by atoms with Crippen LogP contribution in [0.15, 0.2) is 24.4 Å². The van der Waals surface area contributed by atoms with Crippen molar-refractivity contribution in [2.45, 2.75) is 38.6 Å². The zero-order valence-corrected chi connectivity index (χ0v) is 12.3. The van der Waals surface area contributed by atoms with E-state index in [9.17, 15) is 4.79 Å². The fourth-order valence-corrected chi connectivity index (χ4v) is 2.46. The van der Waals surface area contributed by atoms with Gasteiger partial charge in [0, 0.05) is 29.1 Å². The van der Waals surface area contributed by atoms with E-state index < -0.39 is 0 Å². The number of rotatable bonds is 5. The third kappa shape index (κ3) is 3.39. The number of benzene rings is 1. The molecule has 0 saturated heterocycles. The first kappa shape index (κ1) is 14.6. The lowest BCUT2D eigenvalue weighted by molar-refractivity contribution is -0.140. The van der Waals surface area contributed by atoms with Gasteiger partial charge in [0.05, 0.1) is 7.11 Å². The summed E-state index contributed by atoms with van der Waals surface area (Å²) in [7, 11) is 1.42. The van der Waals surface area contributed by atoms with Crippen molar-refractivity contribution in [1.82, 2.24) is 4.98 Å². The van der Waals surface area contributed by atoms with Crippen molar-refractivity contribution in [3.8, 4) is 0 Å². The molecule has 3 N–H and O–H groups in total. The molecule has 1 aromatic heterocycles. The summed E-state index contributed by atoms with van der Waals surface area (Å²) in [6, 6.07) is 6.16. The number of nitrogens with one attached hydrogen (secondary N) is 1. The minimum Gasteiger partial charge on any atom is -0.469 e. The van der Waals surface area contributed by atoms with Gasteiger partial charge in [0.2, 0.25) is 0 Å². The largest absolute Gasteiger partial charge is 0.469 e. The maximum atomic E-state index is 11.3. The molecular weight excluding hydrogens is 252 g/mol. The van der Waals surface area contributed by atoms with Crippen molar-refractivity contribution in [1.29, 1.82) is 0 Å². The van der Waals surface area contributed by atoms with Gasteiger partial charge in [-0.3, -0.25) is 4.79 Å². The second-order valence-electron chi connectivity index (χ2n) is 5.90. The van der Waals surface area contributed by atoms with Crippen molar-refractivity contribution >= 4 is 16.9 Å². The number of carbonyl (C=O) groups excluding carboxylic acids is 1. The molecule has 0 unspecified atom stereocenters. The maximum absolute atomic E-state index is 11.3. The zero-order valence-electron chi connectivity index (χ0n) is 12.3. The summed E-state index contributed by atoms with van der Waals surface area (Å²) in [5.74, 6) is -0.183. The monoisotopic (exact) mass is 274 g/mol. The van der Waals surface area contributed by atoms with Gasteiger partial charge in [-0.2, -0.15) is 0 Å². The molecule has 0 spiro atoms. The molecule has 0 atom stereocenters. The van der Waals surface area contributed by atoms with Crippen LogP contribution >= 0.6 is 0 Å². The summed E-state index contributed by atoms with van der Waals surface area (Å²) in [6.45, 7) is 4.04. The molecule has 0 aliphatic rings. The number of nitrogens with two attached hydrogens (primary N) is 1. The first-order valence-corrected chi connectivity index (χ1v) is 6.84. The molecule has 4 nitrogen and oxygen atoms in total. The molecular formula is C16H22N2O2. The van der Waals surface area contributed by atoms with E-state index in [1.807, 2.05) is 32.2 Å². The highest BCUT2D eigenvalue weighted by Crippen LogP contribution is 2.25. The number of H-pyrrole nitrogens is 1. The van der Waals surface area contributed by atoms with E-state index >= 15 is 0 Å². The number of hydrogen-bond donors (Lipinski definition) is 2. The van der Waals surface area contributed by atoms with Crippen molar-refractivity contribution < 1.29 is 9.53 Å². The topological polar surface area (TPSA) is 68.1 Å². The number of aromatic nitrogens is 1. The average molecular weight is 274 g/mol. The second-order valence-corrected chi connectivity index (χ2v) is 5.90. The Labute approximate surface area is 119 Å². The molecule has 0 radical (unpaired) electrons. The molecule has 4 heteroatoms. The summed E-state index contributed by atoms with van der Waals surface area (Å²) in [6.07, 6.45) is 3.90. The number of aryl methyl sites for hydroxylation is 1. The Bertz CT molecular complexity index is 608. The number of methoxy groups -OCH3 is 1. The summed E-state index contributed by atoms with van der Waals surface area (Å²) >= 11 is 0. The van der Waals surface area contributed by atoms with Crippen molar-refractivity contribution in [3.63, 3.8) is 0 Å². The van der Waals surface area contributed by atoms with E-state index in [0.29, 0.717) is 12.8 Å². The fraction of sp³-hybridized carbons (Fsp3) is 0.438. The molecule has 0 aliphatic carbocycles. The molecule has 2 rings (SSSR count). The van der Waals surface area contributed by atoms with Crippen LogP contribution in [0.4, 0.5) is 0 Å². The molecule has 0 aliphatic heterocycles. The van der Waals surface area contributed by atoms with Crippen molar-refractivity contribution in [3.05, 3.63) is 35.5 Å². The van der Waals surface area contributed by atoms with E-state index in [4.69, 9.17) is 5.73 Å². The maximum Gasteiger partial charge on any atom is 0.305 e. The highest BCUT2D eigenvalue weighted by atomic mass is 16.5.